The number of nitrogens with one attached hydrogen (secondary N) is 2. The number of benzene rings is 2. The van der Waals surface area contributed by atoms with Crippen LogP contribution >= 0.6 is 0 Å². The Morgan fingerprint density at radius 3 is 2.39 bits per heavy atom. The van der Waals surface area contributed by atoms with E-state index in [9.17, 15) is 18.0 Å². The second-order valence-electron chi connectivity index (χ2n) is 5.92. The summed E-state index contributed by atoms with van der Waals surface area (Å²) >= 11 is 0. The van der Waals surface area contributed by atoms with Crippen LogP contribution in [0.25, 0.3) is 11.1 Å². The molecule has 0 aliphatic rings. The lowest BCUT2D eigenvalue weighted by molar-refractivity contribution is -0.274. The predicted octanol–water partition coefficient (Wildman–Crippen LogP) is 5.35. The number of nitrogens with zero attached hydrogens (tertiary/aromatic N) is 1. The molecule has 2 aromatic carbocycles. The zero-order valence-electron chi connectivity index (χ0n) is 14.7. The van der Waals surface area contributed by atoms with E-state index in [4.69, 9.17) is 0 Å². The molecule has 0 unspecified atom stereocenters. The minimum atomic E-state index is -4.75. The van der Waals surface area contributed by atoms with Gasteiger partial charge in [0.05, 0.1) is 11.9 Å². The summed E-state index contributed by atoms with van der Waals surface area (Å²) in [7, 11) is 0. The normalized spacial score (nSPS) is 11.0. The van der Waals surface area contributed by atoms with E-state index >= 15 is 0 Å². The lowest BCUT2D eigenvalue weighted by Crippen LogP contribution is -2.17. The van der Waals surface area contributed by atoms with Gasteiger partial charge in [0.25, 0.3) is 0 Å². The van der Waals surface area contributed by atoms with E-state index in [0.717, 1.165) is 11.1 Å². The van der Waals surface area contributed by atoms with Crippen molar-refractivity contribution < 1.29 is 22.7 Å². The summed E-state index contributed by atoms with van der Waals surface area (Å²) < 4.78 is 41.0. The van der Waals surface area contributed by atoms with Gasteiger partial charge in [-0.3, -0.25) is 9.78 Å². The molecule has 1 amide bonds. The van der Waals surface area contributed by atoms with Crippen molar-refractivity contribution in [3.63, 3.8) is 0 Å². The number of aromatic nitrogens is 1. The van der Waals surface area contributed by atoms with E-state index in [-0.39, 0.29) is 11.7 Å². The van der Waals surface area contributed by atoms with Crippen LogP contribution in [0.3, 0.4) is 0 Å². The maximum absolute atomic E-state index is 12.4. The Balaban J connectivity index is 1.81. The summed E-state index contributed by atoms with van der Waals surface area (Å²) in [5, 5.41) is 5.72. The highest BCUT2D eigenvalue weighted by Gasteiger charge is 2.31. The molecule has 5 nitrogen and oxygen atoms in total. The number of rotatable bonds is 5. The van der Waals surface area contributed by atoms with Gasteiger partial charge < -0.3 is 15.4 Å². The number of halogens is 3. The van der Waals surface area contributed by atoms with Crippen LogP contribution < -0.4 is 15.4 Å². The van der Waals surface area contributed by atoms with Crippen molar-refractivity contribution in [2.75, 3.05) is 10.6 Å². The molecule has 0 spiro atoms. The zero-order chi connectivity index (χ0) is 20.1. The van der Waals surface area contributed by atoms with Gasteiger partial charge in [-0.05, 0) is 35.9 Å². The van der Waals surface area contributed by atoms with Crippen LogP contribution in [0.1, 0.15) is 6.92 Å². The Kier molecular flexibility index (Phi) is 5.49. The number of carbonyl (C=O) groups is 1. The molecule has 2 N–H and O–H groups in total. The molecule has 3 aromatic rings. The van der Waals surface area contributed by atoms with Crippen LogP contribution in [0.15, 0.2) is 67.0 Å². The molecule has 0 aliphatic heterocycles. The van der Waals surface area contributed by atoms with E-state index in [1.165, 1.54) is 25.1 Å². The quantitative estimate of drug-likeness (QED) is 0.620. The summed E-state index contributed by atoms with van der Waals surface area (Å²) in [6.07, 6.45) is -1.54. The SMILES string of the molecule is CC(=O)Nc1cccc(-c2cncc(Nc3cccc(OC(F)(F)F)c3)c2)c1. The first-order valence-corrected chi connectivity index (χ1v) is 8.24. The van der Waals surface area contributed by atoms with Gasteiger partial charge >= 0.3 is 6.36 Å². The van der Waals surface area contributed by atoms with Crippen LogP contribution in [-0.2, 0) is 4.79 Å². The number of amides is 1. The topological polar surface area (TPSA) is 63.2 Å². The Hall–Kier alpha value is -3.55. The van der Waals surface area contributed by atoms with E-state index in [1.807, 2.05) is 6.07 Å². The molecule has 0 radical (unpaired) electrons. The first-order chi connectivity index (χ1) is 13.3. The molecule has 0 saturated carbocycles. The summed E-state index contributed by atoms with van der Waals surface area (Å²) in [6, 6.07) is 14.6. The van der Waals surface area contributed by atoms with Crippen LogP contribution in [0, 0.1) is 0 Å². The lowest BCUT2D eigenvalue weighted by Gasteiger charge is -2.12. The predicted molar refractivity (Wildman–Crippen MR) is 100 cm³/mol. The van der Waals surface area contributed by atoms with Crippen LogP contribution in [0.2, 0.25) is 0 Å². The number of alkyl halides is 3. The molecular weight excluding hydrogens is 371 g/mol. The molecule has 0 saturated heterocycles. The Morgan fingerprint density at radius 1 is 0.929 bits per heavy atom. The van der Waals surface area contributed by atoms with E-state index in [2.05, 4.69) is 20.4 Å². The fourth-order valence-corrected chi connectivity index (χ4v) is 2.58. The number of pyridine rings is 1. The summed E-state index contributed by atoms with van der Waals surface area (Å²) in [4.78, 5) is 15.4. The van der Waals surface area contributed by atoms with Gasteiger partial charge in [-0.2, -0.15) is 0 Å². The molecule has 1 aromatic heterocycles. The number of carbonyl (C=O) groups excluding carboxylic acids is 1. The van der Waals surface area contributed by atoms with Crippen molar-refractivity contribution in [1.29, 1.82) is 0 Å². The Bertz CT molecular complexity index is 990. The second-order valence-corrected chi connectivity index (χ2v) is 5.92. The van der Waals surface area contributed by atoms with Crippen molar-refractivity contribution >= 4 is 23.0 Å². The second kappa shape index (κ2) is 7.99. The van der Waals surface area contributed by atoms with Crippen molar-refractivity contribution in [3.8, 4) is 16.9 Å². The van der Waals surface area contributed by atoms with Crippen LogP contribution in [0.4, 0.5) is 30.2 Å². The van der Waals surface area contributed by atoms with Crippen molar-refractivity contribution in [1.82, 2.24) is 4.98 Å². The standard InChI is InChI=1S/C20H16F3N3O2/c1-13(27)25-16-5-2-4-14(8-16)15-9-18(12-24-11-15)26-17-6-3-7-19(10-17)28-20(21,22)23/h2-12,26H,1H3,(H,25,27). The van der Waals surface area contributed by atoms with Gasteiger partial charge in [0.15, 0.2) is 0 Å². The maximum Gasteiger partial charge on any atom is 0.573 e. The highest BCUT2D eigenvalue weighted by molar-refractivity contribution is 5.89. The fraction of sp³-hybridized carbons (Fsp3) is 0.100. The Labute approximate surface area is 159 Å². The zero-order valence-corrected chi connectivity index (χ0v) is 14.7. The Morgan fingerprint density at radius 2 is 1.64 bits per heavy atom. The summed E-state index contributed by atoms with van der Waals surface area (Å²) in [6.45, 7) is 1.43. The number of ether oxygens (including phenoxy) is 1. The maximum atomic E-state index is 12.4. The highest BCUT2D eigenvalue weighted by Crippen LogP contribution is 2.28. The number of anilines is 3. The lowest BCUT2D eigenvalue weighted by atomic mass is 10.1. The van der Waals surface area contributed by atoms with Crippen molar-refractivity contribution in [2.24, 2.45) is 0 Å². The van der Waals surface area contributed by atoms with E-state index in [0.29, 0.717) is 17.1 Å². The van der Waals surface area contributed by atoms with Crippen LogP contribution in [-0.4, -0.2) is 17.3 Å². The minimum Gasteiger partial charge on any atom is -0.406 e. The largest absolute Gasteiger partial charge is 0.573 e. The number of hydrogen-bond donors (Lipinski definition) is 2. The fourth-order valence-electron chi connectivity index (χ4n) is 2.58. The molecule has 3 rings (SSSR count). The van der Waals surface area contributed by atoms with E-state index < -0.39 is 6.36 Å². The molecule has 28 heavy (non-hydrogen) atoms. The van der Waals surface area contributed by atoms with Gasteiger partial charge in [-0.1, -0.05) is 18.2 Å². The van der Waals surface area contributed by atoms with Crippen molar-refractivity contribution in [3.05, 3.63) is 67.0 Å². The molecular formula is C20H16F3N3O2. The van der Waals surface area contributed by atoms with Gasteiger partial charge in [0, 0.05) is 36.1 Å². The van der Waals surface area contributed by atoms with E-state index in [1.54, 1.807) is 42.7 Å². The first kappa shape index (κ1) is 19.2. The average Bonchev–Trinajstić information content (AvgIpc) is 2.60. The van der Waals surface area contributed by atoms with Gasteiger partial charge in [0.2, 0.25) is 5.91 Å². The summed E-state index contributed by atoms with van der Waals surface area (Å²) in [5.41, 5.74) is 3.27. The smallest absolute Gasteiger partial charge is 0.406 e. The molecule has 1 heterocycles. The van der Waals surface area contributed by atoms with Gasteiger partial charge in [-0.15, -0.1) is 13.2 Å². The molecule has 0 aliphatic carbocycles. The molecule has 0 atom stereocenters. The molecule has 8 heteroatoms. The molecule has 0 bridgehead atoms. The third-order valence-corrected chi connectivity index (χ3v) is 3.61. The monoisotopic (exact) mass is 387 g/mol. The summed E-state index contributed by atoms with van der Waals surface area (Å²) in [5.74, 6) is -0.490. The van der Waals surface area contributed by atoms with Crippen molar-refractivity contribution in [2.45, 2.75) is 13.3 Å². The average molecular weight is 387 g/mol. The first-order valence-electron chi connectivity index (χ1n) is 8.24. The molecule has 0 fully saturated rings. The van der Waals surface area contributed by atoms with Gasteiger partial charge in [0.1, 0.15) is 5.75 Å². The number of hydrogen-bond acceptors (Lipinski definition) is 4. The highest BCUT2D eigenvalue weighted by atomic mass is 19.4. The van der Waals surface area contributed by atoms with Crippen LogP contribution in [0.5, 0.6) is 5.75 Å². The minimum absolute atomic E-state index is 0.174. The molecule has 144 valence electrons. The third kappa shape index (κ3) is 5.47. The van der Waals surface area contributed by atoms with Gasteiger partial charge in [-0.25, -0.2) is 0 Å². The third-order valence-electron chi connectivity index (χ3n) is 3.61.